The van der Waals surface area contributed by atoms with E-state index in [9.17, 15) is 9.90 Å². The predicted octanol–water partition coefficient (Wildman–Crippen LogP) is 1.10. The highest BCUT2D eigenvalue weighted by Gasteiger charge is 2.35. The lowest BCUT2D eigenvalue weighted by atomic mass is 10.2. The number of ether oxygens (including phenoxy) is 2. The fraction of sp³-hybridized carbons (Fsp3) is 0.750. The maximum atomic E-state index is 11.4. The van der Waals surface area contributed by atoms with Gasteiger partial charge in [-0.15, -0.1) is 11.6 Å². The standard InChI is InChI=1S/C12H21NO5/c1-5-6-16-10-8-13(7-9(10)14)18-11(15)17-12(2,3)4/h5,9-10,14H,1,6-8H2,2-4H3/t9-,10-/m1/s1. The number of nitrogens with zero attached hydrogens (tertiary/aromatic N) is 1. The third-order valence-electron chi connectivity index (χ3n) is 2.22. The van der Waals surface area contributed by atoms with Gasteiger partial charge in [0.15, 0.2) is 0 Å². The zero-order valence-electron chi connectivity index (χ0n) is 11.1. The van der Waals surface area contributed by atoms with Gasteiger partial charge in [0.2, 0.25) is 0 Å². The fourth-order valence-electron chi connectivity index (χ4n) is 1.53. The monoisotopic (exact) mass is 259 g/mol. The van der Waals surface area contributed by atoms with Crippen LogP contribution < -0.4 is 0 Å². The van der Waals surface area contributed by atoms with Crippen molar-refractivity contribution in [3.05, 3.63) is 12.7 Å². The molecule has 104 valence electrons. The second-order valence-electron chi connectivity index (χ2n) is 5.13. The summed E-state index contributed by atoms with van der Waals surface area (Å²) in [5, 5.41) is 11.0. The number of carbonyl (C=O) groups is 1. The van der Waals surface area contributed by atoms with Gasteiger partial charge in [0.05, 0.1) is 25.8 Å². The molecule has 6 heteroatoms. The van der Waals surface area contributed by atoms with Crippen molar-refractivity contribution in [1.29, 1.82) is 0 Å². The SMILES string of the molecule is C=CCO[C@@H]1CN(OC(=O)OC(C)(C)C)C[C@H]1O. The molecular weight excluding hydrogens is 238 g/mol. The molecule has 0 aromatic carbocycles. The summed E-state index contributed by atoms with van der Waals surface area (Å²) in [6.07, 6.45) is -0.249. The normalized spacial score (nSPS) is 24.9. The van der Waals surface area contributed by atoms with Crippen molar-refractivity contribution in [3.63, 3.8) is 0 Å². The minimum Gasteiger partial charge on any atom is -0.427 e. The van der Waals surface area contributed by atoms with Crippen LogP contribution in [0.15, 0.2) is 12.7 Å². The van der Waals surface area contributed by atoms with Crippen molar-refractivity contribution in [2.45, 2.75) is 38.6 Å². The van der Waals surface area contributed by atoms with Crippen LogP contribution in [-0.2, 0) is 14.3 Å². The molecule has 18 heavy (non-hydrogen) atoms. The lowest BCUT2D eigenvalue weighted by molar-refractivity contribution is -0.136. The highest BCUT2D eigenvalue weighted by molar-refractivity contribution is 5.60. The smallest absolute Gasteiger partial charge is 0.427 e. The maximum absolute atomic E-state index is 11.4. The van der Waals surface area contributed by atoms with Crippen molar-refractivity contribution < 1.29 is 24.2 Å². The second kappa shape index (κ2) is 6.17. The van der Waals surface area contributed by atoms with Crippen LogP contribution in [0.2, 0.25) is 0 Å². The highest BCUT2D eigenvalue weighted by atomic mass is 16.8. The topological polar surface area (TPSA) is 68.2 Å². The summed E-state index contributed by atoms with van der Waals surface area (Å²) in [5.41, 5.74) is -0.603. The molecule has 1 N–H and O–H groups in total. The molecule has 1 aliphatic heterocycles. The van der Waals surface area contributed by atoms with Crippen LogP contribution in [0.5, 0.6) is 0 Å². The number of carbonyl (C=O) groups excluding carboxylic acids is 1. The third kappa shape index (κ3) is 5.03. The van der Waals surface area contributed by atoms with E-state index in [1.165, 1.54) is 5.06 Å². The minimum absolute atomic E-state index is 0.209. The van der Waals surface area contributed by atoms with E-state index in [2.05, 4.69) is 6.58 Å². The Morgan fingerprint density at radius 3 is 2.72 bits per heavy atom. The molecule has 1 aliphatic rings. The first-order valence-electron chi connectivity index (χ1n) is 5.88. The van der Waals surface area contributed by atoms with E-state index in [0.717, 1.165) is 0 Å². The Morgan fingerprint density at radius 2 is 2.17 bits per heavy atom. The molecule has 0 unspecified atom stereocenters. The van der Waals surface area contributed by atoms with Gasteiger partial charge in [0.25, 0.3) is 0 Å². The molecule has 1 saturated heterocycles. The number of aliphatic hydroxyl groups is 1. The summed E-state index contributed by atoms with van der Waals surface area (Å²) in [6.45, 7) is 9.66. The number of β-amino-alcohol motifs (C(OH)–C–C–N with tert-alkyl or cyclic N) is 1. The number of hydroxylamine groups is 2. The van der Waals surface area contributed by atoms with Crippen LogP contribution in [0.3, 0.4) is 0 Å². The first kappa shape index (κ1) is 14.9. The molecule has 0 aliphatic carbocycles. The summed E-state index contributed by atoms with van der Waals surface area (Å²) < 4.78 is 10.3. The van der Waals surface area contributed by atoms with Crippen LogP contribution >= 0.6 is 0 Å². The average molecular weight is 259 g/mol. The van der Waals surface area contributed by atoms with Gasteiger partial charge in [-0.3, -0.25) is 0 Å². The van der Waals surface area contributed by atoms with Crippen LogP contribution in [-0.4, -0.2) is 53.8 Å². The van der Waals surface area contributed by atoms with E-state index < -0.39 is 17.9 Å². The number of hydrogen-bond acceptors (Lipinski definition) is 6. The number of hydrogen-bond donors (Lipinski definition) is 1. The first-order chi connectivity index (χ1) is 8.31. The molecule has 0 aromatic rings. The molecule has 1 fully saturated rings. The van der Waals surface area contributed by atoms with E-state index >= 15 is 0 Å². The van der Waals surface area contributed by atoms with Gasteiger partial charge in [-0.25, -0.2) is 4.79 Å². The summed E-state index contributed by atoms with van der Waals surface area (Å²) in [4.78, 5) is 16.4. The van der Waals surface area contributed by atoms with Crippen LogP contribution in [0.4, 0.5) is 4.79 Å². The van der Waals surface area contributed by atoms with Gasteiger partial charge in [-0.2, -0.15) is 0 Å². The molecule has 2 atom stereocenters. The van der Waals surface area contributed by atoms with Gasteiger partial charge in [-0.05, 0) is 20.8 Å². The van der Waals surface area contributed by atoms with Gasteiger partial charge in [-0.1, -0.05) is 6.08 Å². The third-order valence-corrected chi connectivity index (χ3v) is 2.22. The molecule has 0 bridgehead atoms. The molecule has 0 radical (unpaired) electrons. The van der Waals surface area contributed by atoms with Crippen molar-refractivity contribution >= 4 is 6.16 Å². The maximum Gasteiger partial charge on any atom is 0.528 e. The van der Waals surface area contributed by atoms with Crippen LogP contribution in [0, 0.1) is 0 Å². The minimum atomic E-state index is -0.779. The van der Waals surface area contributed by atoms with E-state index in [0.29, 0.717) is 13.2 Å². The Labute approximate surface area is 107 Å². The van der Waals surface area contributed by atoms with E-state index in [1.807, 2.05) is 0 Å². The van der Waals surface area contributed by atoms with Gasteiger partial charge in [0.1, 0.15) is 11.7 Å². The molecule has 6 nitrogen and oxygen atoms in total. The molecule has 0 aromatic heterocycles. The first-order valence-corrected chi connectivity index (χ1v) is 5.88. The summed E-state index contributed by atoms with van der Waals surface area (Å²) in [6, 6.07) is 0. The Kier molecular flexibility index (Phi) is 5.13. The quantitative estimate of drug-likeness (QED) is 0.602. The van der Waals surface area contributed by atoms with E-state index in [-0.39, 0.29) is 12.6 Å². The molecular formula is C12H21NO5. The zero-order chi connectivity index (χ0) is 13.8. The summed E-state index contributed by atoms with van der Waals surface area (Å²) in [7, 11) is 0. The fourth-order valence-corrected chi connectivity index (χ4v) is 1.53. The highest BCUT2D eigenvalue weighted by Crippen LogP contribution is 2.16. The lowest BCUT2D eigenvalue weighted by Crippen LogP contribution is -2.31. The predicted molar refractivity (Wildman–Crippen MR) is 64.8 cm³/mol. The molecule has 0 spiro atoms. The number of rotatable bonds is 4. The van der Waals surface area contributed by atoms with Gasteiger partial charge in [0, 0.05) is 0 Å². The second-order valence-corrected chi connectivity index (χ2v) is 5.13. The Balaban J connectivity index is 2.37. The summed E-state index contributed by atoms with van der Waals surface area (Å²) in [5.74, 6) is 0. The van der Waals surface area contributed by atoms with E-state index in [4.69, 9.17) is 14.3 Å². The van der Waals surface area contributed by atoms with Crippen molar-refractivity contribution in [1.82, 2.24) is 5.06 Å². The van der Waals surface area contributed by atoms with Crippen molar-refractivity contribution in [2.75, 3.05) is 19.7 Å². The average Bonchev–Trinajstić information content (AvgIpc) is 2.52. The van der Waals surface area contributed by atoms with Crippen molar-refractivity contribution in [3.8, 4) is 0 Å². The van der Waals surface area contributed by atoms with Crippen molar-refractivity contribution in [2.24, 2.45) is 0 Å². The Morgan fingerprint density at radius 1 is 1.50 bits per heavy atom. The number of aliphatic hydroxyl groups excluding tert-OH is 1. The zero-order valence-corrected chi connectivity index (χ0v) is 11.1. The summed E-state index contributed by atoms with van der Waals surface area (Å²) >= 11 is 0. The van der Waals surface area contributed by atoms with Gasteiger partial charge < -0.3 is 19.4 Å². The van der Waals surface area contributed by atoms with Gasteiger partial charge >= 0.3 is 6.16 Å². The molecule has 1 heterocycles. The van der Waals surface area contributed by atoms with Crippen LogP contribution in [0.25, 0.3) is 0 Å². The van der Waals surface area contributed by atoms with E-state index in [1.54, 1.807) is 26.8 Å². The largest absolute Gasteiger partial charge is 0.528 e. The Hall–Kier alpha value is -1.11. The Bertz CT molecular complexity index is 299. The molecule has 0 amide bonds. The van der Waals surface area contributed by atoms with Crippen LogP contribution in [0.1, 0.15) is 20.8 Å². The molecule has 1 rings (SSSR count). The molecule has 0 saturated carbocycles. The lowest BCUT2D eigenvalue weighted by Gasteiger charge is -2.21.